The molecule has 6 nitrogen and oxygen atoms in total. The Kier molecular flexibility index (Phi) is 8.78. The fraction of sp³-hybridized carbons (Fsp3) is 0.412. The maximum Gasteiger partial charge on any atom is 0.328 e. The Morgan fingerprint density at radius 3 is 2.75 bits per heavy atom. The van der Waals surface area contributed by atoms with Crippen LogP contribution in [0.4, 0.5) is 0 Å². The second-order valence-electron chi connectivity index (χ2n) is 4.86. The monoisotopic (exact) mass is 353 g/mol. The first kappa shape index (κ1) is 19.9. The van der Waals surface area contributed by atoms with E-state index in [1.54, 1.807) is 36.9 Å². The van der Waals surface area contributed by atoms with E-state index in [0.717, 1.165) is 5.75 Å². The van der Waals surface area contributed by atoms with Gasteiger partial charge in [0.05, 0.1) is 13.7 Å². The molecule has 1 atom stereocenters. The van der Waals surface area contributed by atoms with Crippen molar-refractivity contribution in [2.24, 2.45) is 0 Å². The predicted molar refractivity (Wildman–Crippen MR) is 95.3 cm³/mol. The summed E-state index contributed by atoms with van der Waals surface area (Å²) in [4.78, 5) is 23.9. The van der Waals surface area contributed by atoms with Crippen LogP contribution in [0.1, 0.15) is 18.9 Å². The van der Waals surface area contributed by atoms with Gasteiger partial charge in [-0.15, -0.1) is 0 Å². The molecule has 132 valence electrons. The number of nitrogens with one attached hydrogen (secondary N) is 1. The van der Waals surface area contributed by atoms with Crippen molar-refractivity contribution in [1.82, 2.24) is 5.32 Å². The standard InChI is InChI=1S/C17H23NO5S/c1-4-23-17(21)13(9-10-24-3)18-16(20)8-6-12-5-7-15(22-2)14(19)11-12/h5-8,11,13,19H,4,9-10H2,1-3H3,(H,18,20)/b8-6+/t13-/m0/s1. The molecule has 1 rings (SSSR count). The second-order valence-corrected chi connectivity index (χ2v) is 5.84. The number of carbonyl (C=O) groups is 2. The molecule has 0 saturated carbocycles. The van der Waals surface area contributed by atoms with Gasteiger partial charge in [-0.2, -0.15) is 11.8 Å². The number of phenolic OH excluding ortho intramolecular Hbond substituents is 1. The number of aromatic hydroxyl groups is 1. The molecule has 1 aromatic rings. The van der Waals surface area contributed by atoms with Crippen molar-refractivity contribution < 1.29 is 24.2 Å². The Bertz CT molecular complexity index is 588. The van der Waals surface area contributed by atoms with Gasteiger partial charge in [-0.1, -0.05) is 6.07 Å². The van der Waals surface area contributed by atoms with E-state index in [2.05, 4.69) is 5.32 Å². The van der Waals surface area contributed by atoms with Crippen LogP contribution in [0.3, 0.4) is 0 Å². The predicted octanol–water partition coefficient (Wildman–Crippen LogP) is 2.21. The number of esters is 1. The van der Waals surface area contributed by atoms with Crippen LogP contribution in [0.2, 0.25) is 0 Å². The van der Waals surface area contributed by atoms with Gasteiger partial charge >= 0.3 is 5.97 Å². The highest BCUT2D eigenvalue weighted by Crippen LogP contribution is 2.26. The quantitative estimate of drug-likeness (QED) is 0.523. The van der Waals surface area contributed by atoms with Gasteiger partial charge in [0.2, 0.25) is 5.91 Å². The number of amides is 1. The van der Waals surface area contributed by atoms with Gasteiger partial charge in [0, 0.05) is 6.08 Å². The summed E-state index contributed by atoms with van der Waals surface area (Å²) in [6.45, 7) is 1.99. The normalized spacial score (nSPS) is 12.0. The van der Waals surface area contributed by atoms with Crippen LogP contribution in [-0.4, -0.2) is 48.8 Å². The van der Waals surface area contributed by atoms with Gasteiger partial charge in [0.1, 0.15) is 6.04 Å². The van der Waals surface area contributed by atoms with Crippen LogP contribution in [0.15, 0.2) is 24.3 Å². The fourth-order valence-corrected chi connectivity index (χ4v) is 2.40. The molecule has 0 aliphatic heterocycles. The number of thioether (sulfide) groups is 1. The highest BCUT2D eigenvalue weighted by molar-refractivity contribution is 7.98. The lowest BCUT2D eigenvalue weighted by Gasteiger charge is -2.15. The third kappa shape index (κ3) is 6.54. The Labute approximate surface area is 146 Å². The highest BCUT2D eigenvalue weighted by atomic mass is 32.2. The minimum absolute atomic E-state index is 0.00979. The molecule has 0 fully saturated rings. The molecular formula is C17H23NO5S. The fourth-order valence-electron chi connectivity index (χ4n) is 1.93. The van der Waals surface area contributed by atoms with Crippen LogP contribution in [0.25, 0.3) is 6.08 Å². The number of hydrogen-bond acceptors (Lipinski definition) is 6. The van der Waals surface area contributed by atoms with E-state index in [1.807, 2.05) is 6.26 Å². The van der Waals surface area contributed by atoms with E-state index in [-0.39, 0.29) is 12.4 Å². The number of hydrogen-bond donors (Lipinski definition) is 2. The Morgan fingerprint density at radius 1 is 1.42 bits per heavy atom. The van der Waals surface area contributed by atoms with Crippen LogP contribution < -0.4 is 10.1 Å². The molecular weight excluding hydrogens is 330 g/mol. The average Bonchev–Trinajstić information content (AvgIpc) is 2.57. The summed E-state index contributed by atoms with van der Waals surface area (Å²) in [7, 11) is 1.46. The molecule has 7 heteroatoms. The third-order valence-electron chi connectivity index (χ3n) is 3.13. The second kappa shape index (κ2) is 10.6. The zero-order valence-electron chi connectivity index (χ0n) is 14.1. The topological polar surface area (TPSA) is 84.9 Å². The van der Waals surface area contributed by atoms with Crippen molar-refractivity contribution in [3.63, 3.8) is 0 Å². The van der Waals surface area contributed by atoms with Crippen molar-refractivity contribution in [2.45, 2.75) is 19.4 Å². The summed E-state index contributed by atoms with van der Waals surface area (Å²) in [5.41, 5.74) is 0.639. The van der Waals surface area contributed by atoms with Gasteiger partial charge in [-0.3, -0.25) is 4.79 Å². The Hall–Kier alpha value is -2.15. The van der Waals surface area contributed by atoms with Crippen molar-refractivity contribution in [3.05, 3.63) is 29.8 Å². The van der Waals surface area contributed by atoms with Gasteiger partial charge < -0.3 is 19.9 Å². The number of rotatable bonds is 9. The summed E-state index contributed by atoms with van der Waals surface area (Å²) < 4.78 is 9.93. The van der Waals surface area contributed by atoms with Gasteiger partial charge in [-0.05, 0) is 49.1 Å². The van der Waals surface area contributed by atoms with E-state index >= 15 is 0 Å². The average molecular weight is 353 g/mol. The first-order chi connectivity index (χ1) is 11.5. The third-order valence-corrected chi connectivity index (χ3v) is 3.77. The zero-order chi connectivity index (χ0) is 17.9. The summed E-state index contributed by atoms with van der Waals surface area (Å²) in [5.74, 6) is 0.250. The molecule has 24 heavy (non-hydrogen) atoms. The summed E-state index contributed by atoms with van der Waals surface area (Å²) in [6.07, 6.45) is 5.29. The summed E-state index contributed by atoms with van der Waals surface area (Å²) in [6, 6.07) is 4.13. The van der Waals surface area contributed by atoms with E-state index in [9.17, 15) is 14.7 Å². The zero-order valence-corrected chi connectivity index (χ0v) is 14.9. The largest absolute Gasteiger partial charge is 0.504 e. The molecule has 0 aliphatic rings. The number of benzene rings is 1. The SMILES string of the molecule is CCOC(=O)[C@H](CCSC)NC(=O)/C=C/c1ccc(OC)c(O)c1. The van der Waals surface area contributed by atoms with Crippen molar-refractivity contribution in [2.75, 3.05) is 25.7 Å². The molecule has 0 heterocycles. The van der Waals surface area contributed by atoms with E-state index in [0.29, 0.717) is 17.7 Å². The molecule has 0 bridgehead atoms. The molecule has 1 amide bonds. The molecule has 0 radical (unpaired) electrons. The first-order valence-electron chi connectivity index (χ1n) is 7.53. The smallest absolute Gasteiger partial charge is 0.328 e. The number of methoxy groups -OCH3 is 1. The number of phenols is 1. The van der Waals surface area contributed by atoms with Crippen molar-refractivity contribution >= 4 is 29.7 Å². The van der Waals surface area contributed by atoms with Gasteiger partial charge in [-0.25, -0.2) is 4.79 Å². The molecule has 2 N–H and O–H groups in total. The Balaban J connectivity index is 2.70. The number of carbonyl (C=O) groups excluding carboxylic acids is 2. The van der Waals surface area contributed by atoms with Crippen LogP contribution in [-0.2, 0) is 14.3 Å². The van der Waals surface area contributed by atoms with E-state index in [1.165, 1.54) is 19.3 Å². The lowest BCUT2D eigenvalue weighted by Crippen LogP contribution is -2.41. The van der Waals surface area contributed by atoms with Crippen LogP contribution in [0, 0.1) is 0 Å². The first-order valence-corrected chi connectivity index (χ1v) is 8.92. The lowest BCUT2D eigenvalue weighted by atomic mass is 10.2. The maximum atomic E-state index is 12.0. The van der Waals surface area contributed by atoms with Gasteiger partial charge in [0.25, 0.3) is 0 Å². The van der Waals surface area contributed by atoms with Gasteiger partial charge in [0.15, 0.2) is 11.5 Å². The van der Waals surface area contributed by atoms with Crippen LogP contribution in [0.5, 0.6) is 11.5 Å². The molecule has 0 saturated heterocycles. The molecule has 0 aliphatic carbocycles. The van der Waals surface area contributed by atoms with E-state index in [4.69, 9.17) is 9.47 Å². The summed E-state index contributed by atoms with van der Waals surface area (Å²) in [5, 5.41) is 12.4. The molecule has 0 spiro atoms. The Morgan fingerprint density at radius 2 is 2.17 bits per heavy atom. The van der Waals surface area contributed by atoms with Crippen LogP contribution >= 0.6 is 11.8 Å². The van der Waals surface area contributed by atoms with E-state index < -0.39 is 17.9 Å². The van der Waals surface area contributed by atoms with Crippen molar-refractivity contribution in [1.29, 1.82) is 0 Å². The maximum absolute atomic E-state index is 12.0. The molecule has 0 unspecified atom stereocenters. The molecule has 1 aromatic carbocycles. The highest BCUT2D eigenvalue weighted by Gasteiger charge is 2.20. The number of ether oxygens (including phenoxy) is 2. The minimum Gasteiger partial charge on any atom is -0.504 e. The minimum atomic E-state index is -0.668. The van der Waals surface area contributed by atoms with Crippen molar-refractivity contribution in [3.8, 4) is 11.5 Å². The molecule has 0 aromatic heterocycles. The lowest BCUT2D eigenvalue weighted by molar-refractivity contribution is -0.147. The summed E-state index contributed by atoms with van der Waals surface area (Å²) >= 11 is 1.59.